The second-order valence-electron chi connectivity index (χ2n) is 2.68. The van der Waals surface area contributed by atoms with Gasteiger partial charge < -0.3 is 5.32 Å². The number of pyridine rings is 1. The molecular formula is C9H8N4O. The van der Waals surface area contributed by atoms with Gasteiger partial charge in [-0.2, -0.15) is 5.10 Å². The maximum Gasteiger partial charge on any atom is 0.211 e. The number of aromatic amines is 1. The fourth-order valence-electron chi connectivity index (χ4n) is 1.11. The van der Waals surface area contributed by atoms with Crippen LogP contribution in [0.1, 0.15) is 0 Å². The summed E-state index contributed by atoms with van der Waals surface area (Å²) in [5.74, 6) is 0. The number of H-pyrrole nitrogens is 1. The summed E-state index contributed by atoms with van der Waals surface area (Å²) in [7, 11) is 0. The van der Waals surface area contributed by atoms with Crippen LogP contribution in [0.2, 0.25) is 0 Å². The molecule has 0 atom stereocenters. The molecule has 0 aliphatic carbocycles. The van der Waals surface area contributed by atoms with Crippen LogP contribution in [-0.4, -0.2) is 21.6 Å². The standard InChI is InChI=1S/C9H8N4O/c14-6-11-8-1-2-9(10-5-8)7-3-12-13-4-7/h1-6H,(H,11,14)(H,12,13). The summed E-state index contributed by atoms with van der Waals surface area (Å²) < 4.78 is 0. The molecule has 0 saturated carbocycles. The molecule has 0 bridgehead atoms. The van der Waals surface area contributed by atoms with E-state index in [9.17, 15) is 4.79 Å². The number of carbonyl (C=O) groups excluding carboxylic acids is 1. The number of amides is 1. The van der Waals surface area contributed by atoms with E-state index in [1.165, 1.54) is 0 Å². The zero-order valence-corrected chi connectivity index (χ0v) is 7.27. The second-order valence-corrected chi connectivity index (χ2v) is 2.68. The quantitative estimate of drug-likeness (QED) is 0.707. The van der Waals surface area contributed by atoms with Crippen molar-refractivity contribution in [2.24, 2.45) is 0 Å². The van der Waals surface area contributed by atoms with Gasteiger partial charge in [-0.1, -0.05) is 0 Å². The van der Waals surface area contributed by atoms with Gasteiger partial charge in [-0.05, 0) is 12.1 Å². The van der Waals surface area contributed by atoms with Crippen molar-refractivity contribution in [2.45, 2.75) is 0 Å². The number of hydrogen-bond donors (Lipinski definition) is 2. The molecule has 5 heteroatoms. The van der Waals surface area contributed by atoms with E-state index in [1.807, 2.05) is 6.07 Å². The predicted octanol–water partition coefficient (Wildman–Crippen LogP) is 1.04. The molecule has 2 aromatic rings. The van der Waals surface area contributed by atoms with Crippen LogP contribution in [0.3, 0.4) is 0 Å². The maximum absolute atomic E-state index is 10.1. The number of hydrogen-bond acceptors (Lipinski definition) is 3. The summed E-state index contributed by atoms with van der Waals surface area (Å²) in [6, 6.07) is 3.60. The Hall–Kier alpha value is -2.17. The highest BCUT2D eigenvalue weighted by molar-refractivity contribution is 5.71. The molecule has 0 saturated heterocycles. The van der Waals surface area contributed by atoms with E-state index in [4.69, 9.17) is 0 Å². The Morgan fingerprint density at radius 3 is 2.86 bits per heavy atom. The Kier molecular flexibility index (Phi) is 2.22. The third-order valence-electron chi connectivity index (χ3n) is 1.78. The second kappa shape index (κ2) is 3.69. The highest BCUT2D eigenvalue weighted by atomic mass is 16.1. The lowest BCUT2D eigenvalue weighted by Gasteiger charge is -1.98. The molecule has 0 aliphatic heterocycles. The molecular weight excluding hydrogens is 180 g/mol. The summed E-state index contributed by atoms with van der Waals surface area (Å²) in [6.07, 6.45) is 5.66. The first-order chi connectivity index (χ1) is 6.90. The Bertz CT molecular complexity index is 407. The van der Waals surface area contributed by atoms with Crippen molar-refractivity contribution in [3.05, 3.63) is 30.7 Å². The van der Waals surface area contributed by atoms with E-state index < -0.39 is 0 Å². The average Bonchev–Trinajstić information content (AvgIpc) is 2.72. The lowest BCUT2D eigenvalue weighted by molar-refractivity contribution is -0.105. The SMILES string of the molecule is O=CNc1ccc(-c2cn[nH]c2)nc1. The molecule has 0 spiro atoms. The van der Waals surface area contributed by atoms with E-state index in [2.05, 4.69) is 20.5 Å². The molecule has 2 N–H and O–H groups in total. The van der Waals surface area contributed by atoms with Crippen molar-refractivity contribution >= 4 is 12.1 Å². The van der Waals surface area contributed by atoms with E-state index >= 15 is 0 Å². The lowest BCUT2D eigenvalue weighted by Crippen LogP contribution is -1.94. The Balaban J connectivity index is 2.26. The van der Waals surface area contributed by atoms with Crippen LogP contribution < -0.4 is 5.32 Å². The van der Waals surface area contributed by atoms with Crippen molar-refractivity contribution in [3.63, 3.8) is 0 Å². The van der Waals surface area contributed by atoms with Gasteiger partial charge in [0.15, 0.2) is 0 Å². The molecule has 70 valence electrons. The first-order valence-corrected chi connectivity index (χ1v) is 4.05. The number of anilines is 1. The van der Waals surface area contributed by atoms with Gasteiger partial charge in [0.2, 0.25) is 6.41 Å². The van der Waals surface area contributed by atoms with Gasteiger partial charge in [0, 0.05) is 11.8 Å². The Morgan fingerprint density at radius 1 is 1.36 bits per heavy atom. The third kappa shape index (κ3) is 1.61. The molecule has 0 aliphatic rings. The number of nitrogens with one attached hydrogen (secondary N) is 2. The van der Waals surface area contributed by atoms with Crippen LogP contribution in [0.25, 0.3) is 11.3 Å². The summed E-state index contributed by atoms with van der Waals surface area (Å²) in [4.78, 5) is 14.3. The first kappa shape index (κ1) is 8.43. The van der Waals surface area contributed by atoms with E-state index in [1.54, 1.807) is 24.7 Å². The van der Waals surface area contributed by atoms with E-state index in [-0.39, 0.29) is 0 Å². The van der Waals surface area contributed by atoms with Crippen molar-refractivity contribution in [1.82, 2.24) is 15.2 Å². The minimum absolute atomic E-state index is 0.620. The Labute approximate surface area is 80.2 Å². The average molecular weight is 188 g/mol. The number of rotatable bonds is 3. The maximum atomic E-state index is 10.1. The van der Waals surface area contributed by atoms with Crippen LogP contribution >= 0.6 is 0 Å². The van der Waals surface area contributed by atoms with Gasteiger partial charge in [-0.3, -0.25) is 14.9 Å². The number of nitrogens with zero attached hydrogens (tertiary/aromatic N) is 2. The Morgan fingerprint density at radius 2 is 2.29 bits per heavy atom. The molecule has 0 unspecified atom stereocenters. The molecule has 1 amide bonds. The largest absolute Gasteiger partial charge is 0.327 e. The zero-order valence-electron chi connectivity index (χ0n) is 7.27. The van der Waals surface area contributed by atoms with Crippen LogP contribution in [0.15, 0.2) is 30.7 Å². The summed E-state index contributed by atoms with van der Waals surface area (Å²) in [5.41, 5.74) is 2.41. The topological polar surface area (TPSA) is 70.7 Å². The molecule has 2 rings (SSSR count). The van der Waals surface area contributed by atoms with Gasteiger partial charge >= 0.3 is 0 Å². The van der Waals surface area contributed by atoms with Crippen molar-refractivity contribution in [3.8, 4) is 11.3 Å². The summed E-state index contributed by atoms with van der Waals surface area (Å²) in [5, 5.41) is 9.04. The molecule has 5 nitrogen and oxygen atoms in total. The monoisotopic (exact) mass is 188 g/mol. The molecule has 2 aromatic heterocycles. The highest BCUT2D eigenvalue weighted by Crippen LogP contribution is 2.15. The summed E-state index contributed by atoms with van der Waals surface area (Å²) in [6.45, 7) is 0. The molecule has 2 heterocycles. The van der Waals surface area contributed by atoms with Crippen molar-refractivity contribution in [2.75, 3.05) is 5.32 Å². The highest BCUT2D eigenvalue weighted by Gasteiger charge is 1.99. The zero-order chi connectivity index (χ0) is 9.80. The first-order valence-electron chi connectivity index (χ1n) is 4.05. The molecule has 0 fully saturated rings. The fraction of sp³-hybridized carbons (Fsp3) is 0. The van der Waals surface area contributed by atoms with Crippen molar-refractivity contribution in [1.29, 1.82) is 0 Å². The van der Waals surface area contributed by atoms with Crippen molar-refractivity contribution < 1.29 is 4.79 Å². The van der Waals surface area contributed by atoms with Crippen LogP contribution in [-0.2, 0) is 4.79 Å². The lowest BCUT2D eigenvalue weighted by atomic mass is 10.2. The van der Waals surface area contributed by atoms with E-state index in [0.717, 1.165) is 11.3 Å². The minimum atomic E-state index is 0.620. The molecule has 0 aromatic carbocycles. The smallest absolute Gasteiger partial charge is 0.211 e. The van der Waals surface area contributed by atoms with Gasteiger partial charge in [0.25, 0.3) is 0 Å². The predicted molar refractivity (Wildman–Crippen MR) is 51.5 cm³/mol. The van der Waals surface area contributed by atoms with Gasteiger partial charge in [0.1, 0.15) is 0 Å². The molecule has 0 radical (unpaired) electrons. The van der Waals surface area contributed by atoms with Crippen LogP contribution in [0.5, 0.6) is 0 Å². The van der Waals surface area contributed by atoms with Crippen LogP contribution in [0, 0.1) is 0 Å². The number of carbonyl (C=O) groups is 1. The minimum Gasteiger partial charge on any atom is -0.327 e. The summed E-state index contributed by atoms with van der Waals surface area (Å²) >= 11 is 0. The van der Waals surface area contributed by atoms with Gasteiger partial charge in [-0.25, -0.2) is 0 Å². The van der Waals surface area contributed by atoms with Gasteiger partial charge in [-0.15, -0.1) is 0 Å². The normalized spacial score (nSPS) is 9.71. The fourth-order valence-corrected chi connectivity index (χ4v) is 1.11. The third-order valence-corrected chi connectivity index (χ3v) is 1.78. The molecule has 14 heavy (non-hydrogen) atoms. The van der Waals surface area contributed by atoms with Gasteiger partial charge in [0.05, 0.1) is 23.8 Å². The number of aromatic nitrogens is 3. The van der Waals surface area contributed by atoms with Crippen LogP contribution in [0.4, 0.5) is 5.69 Å². The van der Waals surface area contributed by atoms with E-state index in [0.29, 0.717) is 12.1 Å².